The maximum absolute atomic E-state index is 13.0. The molecular formula is C26H26N2O2S. The third-order valence-corrected chi connectivity index (χ3v) is 6.22. The summed E-state index contributed by atoms with van der Waals surface area (Å²) in [7, 11) is 0. The minimum absolute atomic E-state index is 0.189. The quantitative estimate of drug-likeness (QED) is 0.431. The van der Waals surface area contributed by atoms with Crippen LogP contribution in [0.3, 0.4) is 0 Å². The van der Waals surface area contributed by atoms with Gasteiger partial charge in [-0.2, -0.15) is 11.8 Å². The summed E-state index contributed by atoms with van der Waals surface area (Å²) in [5, 5.41) is 5.93. The zero-order valence-corrected chi connectivity index (χ0v) is 18.6. The van der Waals surface area contributed by atoms with Gasteiger partial charge in [-0.05, 0) is 78.3 Å². The van der Waals surface area contributed by atoms with E-state index < -0.39 is 6.04 Å². The molecule has 0 saturated heterocycles. The fourth-order valence-electron chi connectivity index (χ4n) is 3.98. The number of hydrogen-bond donors (Lipinski definition) is 2. The molecule has 1 atom stereocenters. The van der Waals surface area contributed by atoms with E-state index >= 15 is 0 Å². The number of rotatable bonds is 7. The summed E-state index contributed by atoms with van der Waals surface area (Å²) in [6.45, 7) is 1.95. The molecule has 2 N–H and O–H groups in total. The molecule has 1 aliphatic rings. The van der Waals surface area contributed by atoms with Crippen LogP contribution in [0, 0.1) is 6.92 Å². The van der Waals surface area contributed by atoms with Gasteiger partial charge < -0.3 is 10.6 Å². The normalized spacial score (nSPS) is 12.6. The lowest BCUT2D eigenvalue weighted by Gasteiger charge is -2.19. The number of hydrogen-bond acceptors (Lipinski definition) is 3. The molecule has 4 nitrogen and oxygen atoms in total. The zero-order chi connectivity index (χ0) is 21.8. The Labute approximate surface area is 187 Å². The van der Waals surface area contributed by atoms with Gasteiger partial charge in [-0.1, -0.05) is 48.0 Å². The van der Waals surface area contributed by atoms with Crippen LogP contribution in [-0.2, 0) is 11.2 Å². The van der Waals surface area contributed by atoms with Crippen LogP contribution >= 0.6 is 11.8 Å². The van der Waals surface area contributed by atoms with Crippen LogP contribution in [0.1, 0.15) is 33.5 Å². The van der Waals surface area contributed by atoms with E-state index in [2.05, 4.69) is 41.0 Å². The molecule has 0 spiro atoms. The molecule has 1 unspecified atom stereocenters. The summed E-state index contributed by atoms with van der Waals surface area (Å²) in [6, 6.07) is 21.2. The number of aryl methyl sites for hydroxylation is 1. The van der Waals surface area contributed by atoms with Crippen molar-refractivity contribution in [2.75, 3.05) is 17.3 Å². The Bertz CT molecular complexity index is 1130. The van der Waals surface area contributed by atoms with Crippen LogP contribution in [0.25, 0.3) is 11.1 Å². The smallest absolute Gasteiger partial charge is 0.251 e. The third kappa shape index (κ3) is 4.83. The van der Waals surface area contributed by atoms with Crippen LogP contribution in [-0.4, -0.2) is 29.9 Å². The van der Waals surface area contributed by atoms with Gasteiger partial charge in [0.15, 0.2) is 0 Å². The van der Waals surface area contributed by atoms with Crippen molar-refractivity contribution in [1.82, 2.24) is 5.32 Å². The van der Waals surface area contributed by atoms with E-state index in [9.17, 15) is 9.59 Å². The lowest BCUT2D eigenvalue weighted by Crippen LogP contribution is -2.44. The van der Waals surface area contributed by atoms with E-state index in [1.807, 2.05) is 43.5 Å². The molecule has 0 bridgehead atoms. The van der Waals surface area contributed by atoms with Gasteiger partial charge in [-0.15, -0.1) is 0 Å². The SMILES string of the molecule is CSCCC(NC(=O)c1cccc(C)c1)C(=O)Nc1ccc2c(c1)Cc1ccccc1-2. The fraction of sp³-hybridized carbons (Fsp3) is 0.231. The molecule has 0 fully saturated rings. The van der Waals surface area contributed by atoms with Crippen LogP contribution in [0.2, 0.25) is 0 Å². The molecule has 0 aliphatic heterocycles. The number of carbonyl (C=O) groups is 2. The molecule has 158 valence electrons. The van der Waals surface area contributed by atoms with Crippen molar-refractivity contribution in [3.8, 4) is 11.1 Å². The highest BCUT2D eigenvalue weighted by atomic mass is 32.2. The second-order valence-electron chi connectivity index (χ2n) is 7.87. The topological polar surface area (TPSA) is 58.2 Å². The first-order chi connectivity index (χ1) is 15.0. The molecule has 4 rings (SSSR count). The Morgan fingerprint density at radius 1 is 0.968 bits per heavy atom. The molecule has 1 aliphatic carbocycles. The molecule has 31 heavy (non-hydrogen) atoms. The van der Waals surface area contributed by atoms with Gasteiger partial charge in [0.2, 0.25) is 5.91 Å². The van der Waals surface area contributed by atoms with Crippen molar-refractivity contribution >= 4 is 29.3 Å². The number of amides is 2. The van der Waals surface area contributed by atoms with Gasteiger partial charge in [0.05, 0.1) is 0 Å². The first kappa shape index (κ1) is 21.2. The maximum Gasteiger partial charge on any atom is 0.251 e. The van der Waals surface area contributed by atoms with Crippen molar-refractivity contribution in [1.29, 1.82) is 0 Å². The second-order valence-corrected chi connectivity index (χ2v) is 8.86. The molecule has 0 radical (unpaired) electrons. The van der Waals surface area contributed by atoms with Gasteiger partial charge in [0, 0.05) is 11.3 Å². The van der Waals surface area contributed by atoms with Crippen molar-refractivity contribution in [2.24, 2.45) is 0 Å². The summed E-state index contributed by atoms with van der Waals surface area (Å²) < 4.78 is 0. The highest BCUT2D eigenvalue weighted by Gasteiger charge is 2.23. The highest BCUT2D eigenvalue weighted by Crippen LogP contribution is 2.37. The number of nitrogens with one attached hydrogen (secondary N) is 2. The van der Waals surface area contributed by atoms with Gasteiger partial charge in [-0.25, -0.2) is 0 Å². The number of thioether (sulfide) groups is 1. The lowest BCUT2D eigenvalue weighted by atomic mass is 10.1. The molecule has 0 saturated carbocycles. The van der Waals surface area contributed by atoms with Crippen LogP contribution in [0.4, 0.5) is 5.69 Å². The first-order valence-electron chi connectivity index (χ1n) is 10.4. The Balaban J connectivity index is 1.48. The molecule has 3 aromatic carbocycles. The predicted octanol–water partition coefficient (Wildman–Crippen LogP) is 5.06. The number of anilines is 1. The largest absolute Gasteiger partial charge is 0.340 e. The highest BCUT2D eigenvalue weighted by molar-refractivity contribution is 7.98. The van der Waals surface area contributed by atoms with E-state index in [0.717, 1.165) is 23.4 Å². The summed E-state index contributed by atoms with van der Waals surface area (Å²) >= 11 is 1.66. The van der Waals surface area contributed by atoms with E-state index in [-0.39, 0.29) is 11.8 Å². The number of benzene rings is 3. The van der Waals surface area contributed by atoms with Crippen molar-refractivity contribution in [3.05, 3.63) is 89.0 Å². The van der Waals surface area contributed by atoms with Crippen molar-refractivity contribution in [2.45, 2.75) is 25.8 Å². The monoisotopic (exact) mass is 430 g/mol. The summed E-state index contributed by atoms with van der Waals surface area (Å²) in [6.07, 6.45) is 3.44. The van der Waals surface area contributed by atoms with Crippen molar-refractivity contribution in [3.63, 3.8) is 0 Å². The zero-order valence-electron chi connectivity index (χ0n) is 17.8. The van der Waals surface area contributed by atoms with Crippen LogP contribution in [0.5, 0.6) is 0 Å². The van der Waals surface area contributed by atoms with Gasteiger partial charge in [0.1, 0.15) is 6.04 Å². The Hall–Kier alpha value is -3.05. The molecular weight excluding hydrogens is 404 g/mol. The summed E-state index contributed by atoms with van der Waals surface area (Å²) in [5.74, 6) is 0.367. The average Bonchev–Trinajstić information content (AvgIpc) is 3.14. The Morgan fingerprint density at radius 3 is 2.58 bits per heavy atom. The van der Waals surface area contributed by atoms with E-state index in [1.54, 1.807) is 17.8 Å². The van der Waals surface area contributed by atoms with Gasteiger partial charge in [0.25, 0.3) is 5.91 Å². The fourth-order valence-corrected chi connectivity index (χ4v) is 4.46. The molecule has 0 heterocycles. The van der Waals surface area contributed by atoms with Crippen LogP contribution < -0.4 is 10.6 Å². The van der Waals surface area contributed by atoms with Gasteiger partial charge >= 0.3 is 0 Å². The van der Waals surface area contributed by atoms with E-state index in [1.165, 1.54) is 22.3 Å². The standard InChI is InChI=1S/C26H26N2O2S/c1-17-6-5-8-19(14-17)25(29)28-24(12-13-31-2)26(30)27-21-10-11-23-20(16-21)15-18-7-3-4-9-22(18)23/h3-11,14,16,24H,12-13,15H2,1-2H3,(H,27,30)(H,28,29). The van der Waals surface area contributed by atoms with Crippen LogP contribution in [0.15, 0.2) is 66.7 Å². The second kappa shape index (κ2) is 9.40. The third-order valence-electron chi connectivity index (χ3n) is 5.57. The minimum Gasteiger partial charge on any atom is -0.340 e. The number of carbonyl (C=O) groups excluding carboxylic acids is 2. The molecule has 5 heteroatoms. The molecule has 2 amide bonds. The Kier molecular flexibility index (Phi) is 6.42. The number of fused-ring (bicyclic) bond motifs is 3. The van der Waals surface area contributed by atoms with E-state index in [0.29, 0.717) is 12.0 Å². The lowest BCUT2D eigenvalue weighted by molar-refractivity contribution is -0.118. The summed E-state index contributed by atoms with van der Waals surface area (Å²) in [5.41, 5.74) is 7.34. The predicted molar refractivity (Wildman–Crippen MR) is 129 cm³/mol. The average molecular weight is 431 g/mol. The molecule has 3 aromatic rings. The first-order valence-corrected chi connectivity index (χ1v) is 11.8. The minimum atomic E-state index is -0.592. The molecule has 0 aromatic heterocycles. The van der Waals surface area contributed by atoms with Crippen molar-refractivity contribution < 1.29 is 9.59 Å². The Morgan fingerprint density at radius 2 is 1.77 bits per heavy atom. The summed E-state index contributed by atoms with van der Waals surface area (Å²) in [4.78, 5) is 25.7. The maximum atomic E-state index is 13.0. The van der Waals surface area contributed by atoms with E-state index in [4.69, 9.17) is 0 Å². The van der Waals surface area contributed by atoms with Gasteiger partial charge in [-0.3, -0.25) is 9.59 Å².